The Morgan fingerprint density at radius 3 is 2.88 bits per heavy atom. The Kier molecular flexibility index (Phi) is 4.39. The summed E-state index contributed by atoms with van der Waals surface area (Å²) < 4.78 is 5.51. The summed E-state index contributed by atoms with van der Waals surface area (Å²) in [6.07, 6.45) is 6.93. The van der Waals surface area contributed by atoms with Crippen LogP contribution in [0, 0.1) is 0 Å². The second kappa shape index (κ2) is 7.30. The molecule has 0 amide bonds. The van der Waals surface area contributed by atoms with E-state index in [-0.39, 0.29) is 11.6 Å². The van der Waals surface area contributed by atoms with Crippen LogP contribution in [0.4, 0.5) is 11.6 Å². The molecule has 2 aliphatic rings. The molecule has 164 valence electrons. The van der Waals surface area contributed by atoms with E-state index in [0.29, 0.717) is 28.8 Å². The van der Waals surface area contributed by atoms with Crippen molar-refractivity contribution in [2.45, 2.75) is 51.7 Å². The summed E-state index contributed by atoms with van der Waals surface area (Å²) in [4.78, 5) is 22.3. The first kappa shape index (κ1) is 19.2. The number of hydrogen-bond donors (Lipinski definition) is 2. The first-order chi connectivity index (χ1) is 15.6. The minimum atomic E-state index is -0.109. The van der Waals surface area contributed by atoms with Crippen molar-refractivity contribution in [3.8, 4) is 5.82 Å². The highest BCUT2D eigenvalue weighted by Crippen LogP contribution is 2.34. The number of hydrogen-bond acceptors (Lipinski definition) is 6. The van der Waals surface area contributed by atoms with Crippen molar-refractivity contribution in [2.24, 2.45) is 0 Å². The summed E-state index contributed by atoms with van der Waals surface area (Å²) in [5, 5.41) is 12.0. The number of benzene rings is 1. The van der Waals surface area contributed by atoms with Crippen molar-refractivity contribution in [3.63, 3.8) is 0 Å². The third-order valence-corrected chi connectivity index (χ3v) is 6.19. The van der Waals surface area contributed by atoms with Gasteiger partial charge in [0.25, 0.3) is 5.56 Å². The summed E-state index contributed by atoms with van der Waals surface area (Å²) in [6, 6.07) is 8.72. The quantitative estimate of drug-likeness (QED) is 0.505. The van der Waals surface area contributed by atoms with Gasteiger partial charge in [-0.3, -0.25) is 9.48 Å². The molecule has 4 aromatic rings. The molecule has 4 heterocycles. The number of rotatable bonds is 5. The molecule has 9 heteroatoms. The Labute approximate surface area is 185 Å². The van der Waals surface area contributed by atoms with E-state index < -0.39 is 0 Å². The van der Waals surface area contributed by atoms with Crippen LogP contribution in [-0.2, 0) is 13.0 Å². The number of nitrogens with one attached hydrogen (secondary N) is 2. The fraction of sp³-hybridized carbons (Fsp3) is 0.391. The highest BCUT2D eigenvalue weighted by molar-refractivity contribution is 5.77. The Bertz CT molecular complexity index is 1370. The van der Waals surface area contributed by atoms with Gasteiger partial charge >= 0.3 is 0 Å². The van der Waals surface area contributed by atoms with Crippen molar-refractivity contribution in [3.05, 3.63) is 58.1 Å². The highest BCUT2D eigenvalue weighted by atomic mass is 16.1. The van der Waals surface area contributed by atoms with E-state index >= 15 is 0 Å². The van der Waals surface area contributed by atoms with Crippen LogP contribution in [0.15, 0.2) is 41.5 Å². The second-order valence-electron chi connectivity index (χ2n) is 8.91. The van der Waals surface area contributed by atoms with E-state index in [0.717, 1.165) is 38.0 Å². The molecule has 1 aliphatic carbocycles. The maximum absolute atomic E-state index is 13.1. The molecule has 1 saturated carbocycles. The first-order valence-corrected chi connectivity index (χ1v) is 11.2. The molecule has 1 fully saturated rings. The lowest BCUT2D eigenvalue weighted by Crippen LogP contribution is -2.24. The van der Waals surface area contributed by atoms with Gasteiger partial charge in [-0.05, 0) is 62.9 Å². The first-order valence-electron chi connectivity index (χ1n) is 11.2. The third kappa shape index (κ3) is 3.20. The molecule has 0 unspecified atom stereocenters. The molecule has 0 saturated heterocycles. The lowest BCUT2D eigenvalue weighted by Gasteiger charge is -2.18. The Hall–Kier alpha value is -3.46. The topological polar surface area (TPSA) is 94.6 Å². The number of fused-ring (bicyclic) bond motifs is 2. The molecular formula is C23H26N8O. The maximum atomic E-state index is 13.1. The van der Waals surface area contributed by atoms with Gasteiger partial charge in [0.05, 0.1) is 6.04 Å². The fourth-order valence-electron chi connectivity index (χ4n) is 4.42. The predicted molar refractivity (Wildman–Crippen MR) is 123 cm³/mol. The van der Waals surface area contributed by atoms with Gasteiger partial charge in [-0.1, -0.05) is 6.07 Å². The molecule has 32 heavy (non-hydrogen) atoms. The largest absolute Gasteiger partial charge is 0.324 e. The summed E-state index contributed by atoms with van der Waals surface area (Å²) in [6.45, 7) is 5.86. The molecule has 6 rings (SSSR count). The van der Waals surface area contributed by atoms with Gasteiger partial charge in [-0.25, -0.2) is 14.3 Å². The average molecular weight is 431 g/mol. The van der Waals surface area contributed by atoms with E-state index in [1.807, 2.05) is 35.5 Å². The van der Waals surface area contributed by atoms with Crippen LogP contribution in [-0.4, -0.2) is 35.7 Å². The van der Waals surface area contributed by atoms with Gasteiger partial charge in [-0.2, -0.15) is 10.1 Å². The zero-order valence-electron chi connectivity index (χ0n) is 18.2. The van der Waals surface area contributed by atoms with Crippen molar-refractivity contribution >= 4 is 22.7 Å². The van der Waals surface area contributed by atoms with Gasteiger partial charge in [0.1, 0.15) is 5.39 Å². The summed E-state index contributed by atoms with van der Waals surface area (Å²) in [5.41, 5.74) is 4.04. The molecule has 0 spiro atoms. The standard InChI is InChI=1S/C23H26N8O/c1-14(2)30-22(32)19-13-25-23(26-17-4-3-15-7-9-24-12-16(15)11-17)27-21(19)31(30)20-8-10-29(28-20)18-5-6-18/h3-4,8,10-11,13-14,18,24H,5-7,9,12H2,1-2H3,(H,25,26,27). The molecule has 0 bridgehead atoms. The van der Waals surface area contributed by atoms with Gasteiger partial charge in [0, 0.05) is 36.7 Å². The average Bonchev–Trinajstić information content (AvgIpc) is 3.46. The van der Waals surface area contributed by atoms with Crippen LogP contribution in [0.3, 0.4) is 0 Å². The van der Waals surface area contributed by atoms with Gasteiger partial charge in [0.2, 0.25) is 5.95 Å². The lowest BCUT2D eigenvalue weighted by molar-refractivity contribution is 0.468. The normalized spacial score (nSPS) is 16.0. The van der Waals surface area contributed by atoms with Crippen LogP contribution in [0.1, 0.15) is 49.9 Å². The smallest absolute Gasteiger partial charge is 0.278 e. The van der Waals surface area contributed by atoms with Crippen LogP contribution in [0.2, 0.25) is 0 Å². The second-order valence-corrected chi connectivity index (χ2v) is 8.91. The minimum Gasteiger partial charge on any atom is -0.324 e. The van der Waals surface area contributed by atoms with Crippen LogP contribution in [0.25, 0.3) is 16.9 Å². The van der Waals surface area contributed by atoms with E-state index in [4.69, 9.17) is 10.1 Å². The summed E-state index contributed by atoms with van der Waals surface area (Å²) >= 11 is 0. The van der Waals surface area contributed by atoms with Crippen LogP contribution in [0.5, 0.6) is 0 Å². The molecule has 0 atom stereocenters. The van der Waals surface area contributed by atoms with E-state index in [9.17, 15) is 4.79 Å². The van der Waals surface area contributed by atoms with Crippen molar-refractivity contribution in [1.82, 2.24) is 34.4 Å². The van der Waals surface area contributed by atoms with Crippen LogP contribution < -0.4 is 16.2 Å². The molecule has 3 aromatic heterocycles. The number of aromatic nitrogens is 6. The van der Waals surface area contributed by atoms with Crippen molar-refractivity contribution in [2.75, 3.05) is 11.9 Å². The summed E-state index contributed by atoms with van der Waals surface area (Å²) in [7, 11) is 0. The fourth-order valence-corrected chi connectivity index (χ4v) is 4.42. The molecule has 9 nitrogen and oxygen atoms in total. The van der Waals surface area contributed by atoms with Gasteiger partial charge in [-0.15, -0.1) is 0 Å². The SMILES string of the molecule is CC(C)n1c(=O)c2cnc(Nc3ccc4c(c3)CNCC4)nc2n1-c1ccn(C2CC2)n1. The molecule has 2 N–H and O–H groups in total. The minimum absolute atomic E-state index is 0.0488. The predicted octanol–water partition coefficient (Wildman–Crippen LogP) is 3.08. The third-order valence-electron chi connectivity index (χ3n) is 6.19. The zero-order chi connectivity index (χ0) is 21.8. The monoisotopic (exact) mass is 430 g/mol. The maximum Gasteiger partial charge on any atom is 0.278 e. The van der Waals surface area contributed by atoms with E-state index in [1.54, 1.807) is 10.9 Å². The molecule has 1 aromatic carbocycles. The van der Waals surface area contributed by atoms with Crippen molar-refractivity contribution in [1.29, 1.82) is 0 Å². The Balaban J connectivity index is 1.44. The lowest BCUT2D eigenvalue weighted by atomic mass is 10.0. The number of anilines is 2. The Morgan fingerprint density at radius 1 is 1.19 bits per heavy atom. The Morgan fingerprint density at radius 2 is 2.06 bits per heavy atom. The number of nitrogens with zero attached hydrogens (tertiary/aromatic N) is 6. The van der Waals surface area contributed by atoms with Crippen LogP contribution >= 0.6 is 0 Å². The summed E-state index contributed by atoms with van der Waals surface area (Å²) in [5.74, 6) is 1.15. The van der Waals surface area contributed by atoms with E-state index in [2.05, 4.69) is 33.8 Å². The van der Waals surface area contributed by atoms with Gasteiger partial charge in [0.15, 0.2) is 11.5 Å². The molecule has 1 aliphatic heterocycles. The van der Waals surface area contributed by atoms with Gasteiger partial charge < -0.3 is 10.6 Å². The molecule has 0 radical (unpaired) electrons. The van der Waals surface area contributed by atoms with E-state index in [1.165, 1.54) is 11.1 Å². The zero-order valence-corrected chi connectivity index (χ0v) is 18.2. The highest BCUT2D eigenvalue weighted by Gasteiger charge is 2.26. The molecular weight excluding hydrogens is 404 g/mol. The van der Waals surface area contributed by atoms with Crippen molar-refractivity contribution < 1.29 is 0 Å².